The van der Waals surface area contributed by atoms with E-state index in [1.54, 1.807) is 0 Å². The van der Waals surface area contributed by atoms with Crippen LogP contribution in [0.5, 0.6) is 0 Å². The van der Waals surface area contributed by atoms with Crippen LogP contribution in [0.3, 0.4) is 0 Å². The minimum atomic E-state index is 0.530. The van der Waals surface area contributed by atoms with Crippen LogP contribution in [0.25, 0.3) is 0 Å². The highest BCUT2D eigenvalue weighted by atomic mass is 79.9. The predicted octanol–water partition coefficient (Wildman–Crippen LogP) is 5.73. The summed E-state index contributed by atoms with van der Waals surface area (Å²) in [5, 5.41) is 4.35. The van der Waals surface area contributed by atoms with Gasteiger partial charge in [-0.25, -0.2) is 0 Å². The quantitative estimate of drug-likeness (QED) is 0.706. The van der Waals surface area contributed by atoms with E-state index in [0.29, 0.717) is 6.04 Å². The van der Waals surface area contributed by atoms with Crippen LogP contribution in [-0.2, 0) is 0 Å². The largest absolute Gasteiger partial charge is 0.381 e. The lowest BCUT2D eigenvalue weighted by molar-refractivity contribution is 0.461. The second-order valence-electron chi connectivity index (χ2n) is 4.62. The molecule has 1 aromatic rings. The normalized spacial score (nSPS) is 14.4. The average Bonchev–Trinajstić information content (AvgIpc) is 2.31. The van der Waals surface area contributed by atoms with E-state index in [-0.39, 0.29) is 0 Å². The van der Waals surface area contributed by atoms with Crippen LogP contribution < -0.4 is 5.32 Å². The van der Waals surface area contributed by atoms with Crippen molar-refractivity contribution in [2.24, 2.45) is 5.92 Å². The van der Waals surface area contributed by atoms with Gasteiger partial charge in [0.1, 0.15) is 0 Å². The standard InChI is InChI=1S/C14H21BrClN/c1-4-10(3)8-12(5-2)17-14-7-6-11(16)9-13(14)15/h6-7,9-10,12,17H,4-5,8H2,1-3H3. The van der Waals surface area contributed by atoms with Crippen molar-refractivity contribution in [1.82, 2.24) is 0 Å². The molecule has 0 saturated heterocycles. The Morgan fingerprint density at radius 3 is 2.53 bits per heavy atom. The molecular weight excluding hydrogens is 298 g/mol. The van der Waals surface area contributed by atoms with Gasteiger partial charge < -0.3 is 5.32 Å². The second-order valence-corrected chi connectivity index (χ2v) is 5.91. The molecule has 1 aromatic carbocycles. The maximum absolute atomic E-state index is 5.94. The summed E-state index contributed by atoms with van der Waals surface area (Å²) in [4.78, 5) is 0. The lowest BCUT2D eigenvalue weighted by atomic mass is 9.97. The van der Waals surface area contributed by atoms with Gasteiger partial charge >= 0.3 is 0 Å². The zero-order chi connectivity index (χ0) is 12.8. The minimum absolute atomic E-state index is 0.530. The third-order valence-corrected chi connectivity index (χ3v) is 4.06. The van der Waals surface area contributed by atoms with Gasteiger partial charge in [0.05, 0.1) is 0 Å². The van der Waals surface area contributed by atoms with Crippen molar-refractivity contribution in [3.63, 3.8) is 0 Å². The molecule has 1 nitrogen and oxygen atoms in total. The first kappa shape index (κ1) is 14.8. The molecule has 0 bridgehead atoms. The van der Waals surface area contributed by atoms with E-state index in [1.165, 1.54) is 12.8 Å². The van der Waals surface area contributed by atoms with Crippen molar-refractivity contribution < 1.29 is 0 Å². The highest BCUT2D eigenvalue weighted by Gasteiger charge is 2.11. The van der Waals surface area contributed by atoms with Crippen LogP contribution in [-0.4, -0.2) is 6.04 Å². The fourth-order valence-electron chi connectivity index (χ4n) is 1.81. The molecule has 0 spiro atoms. The SMILES string of the molecule is CCC(C)CC(CC)Nc1ccc(Cl)cc1Br. The van der Waals surface area contributed by atoms with E-state index in [1.807, 2.05) is 18.2 Å². The van der Waals surface area contributed by atoms with E-state index in [0.717, 1.165) is 27.5 Å². The van der Waals surface area contributed by atoms with Crippen molar-refractivity contribution in [1.29, 1.82) is 0 Å². The number of halogens is 2. The lowest BCUT2D eigenvalue weighted by Crippen LogP contribution is -2.21. The molecule has 0 saturated carbocycles. The van der Waals surface area contributed by atoms with Crippen LogP contribution in [0.15, 0.2) is 22.7 Å². The number of hydrogen-bond donors (Lipinski definition) is 1. The van der Waals surface area contributed by atoms with Gasteiger partial charge in [0.15, 0.2) is 0 Å². The third kappa shape index (κ3) is 4.89. The molecule has 0 fully saturated rings. The molecule has 0 aromatic heterocycles. The average molecular weight is 319 g/mol. The second kappa shape index (κ2) is 7.27. The van der Waals surface area contributed by atoms with Crippen molar-refractivity contribution in [3.8, 4) is 0 Å². The Morgan fingerprint density at radius 1 is 1.29 bits per heavy atom. The van der Waals surface area contributed by atoms with Crippen LogP contribution in [0, 0.1) is 5.92 Å². The van der Waals surface area contributed by atoms with Crippen molar-refractivity contribution in [3.05, 3.63) is 27.7 Å². The minimum Gasteiger partial charge on any atom is -0.381 e. The lowest BCUT2D eigenvalue weighted by Gasteiger charge is -2.22. The van der Waals surface area contributed by atoms with Crippen LogP contribution >= 0.6 is 27.5 Å². The molecular formula is C14H21BrClN. The van der Waals surface area contributed by atoms with E-state index in [2.05, 4.69) is 42.0 Å². The highest BCUT2D eigenvalue weighted by molar-refractivity contribution is 9.10. The van der Waals surface area contributed by atoms with E-state index in [9.17, 15) is 0 Å². The molecule has 1 N–H and O–H groups in total. The molecule has 96 valence electrons. The smallest absolute Gasteiger partial charge is 0.0487 e. The fourth-order valence-corrected chi connectivity index (χ4v) is 2.60. The summed E-state index contributed by atoms with van der Waals surface area (Å²) in [5.74, 6) is 0.763. The predicted molar refractivity (Wildman–Crippen MR) is 80.9 cm³/mol. The van der Waals surface area contributed by atoms with Crippen molar-refractivity contribution in [2.45, 2.75) is 46.1 Å². The molecule has 0 amide bonds. The van der Waals surface area contributed by atoms with Gasteiger partial charge in [0, 0.05) is 21.2 Å². The molecule has 1 rings (SSSR count). The number of anilines is 1. The van der Waals surface area contributed by atoms with Crippen molar-refractivity contribution >= 4 is 33.2 Å². The van der Waals surface area contributed by atoms with E-state index in [4.69, 9.17) is 11.6 Å². The first-order valence-corrected chi connectivity index (χ1v) is 7.45. The topological polar surface area (TPSA) is 12.0 Å². The Kier molecular flexibility index (Phi) is 6.35. The molecule has 0 radical (unpaired) electrons. The summed E-state index contributed by atoms with van der Waals surface area (Å²) >= 11 is 9.48. The molecule has 3 heteroatoms. The Morgan fingerprint density at radius 2 is 2.00 bits per heavy atom. The van der Waals surface area contributed by atoms with Crippen LogP contribution in [0.2, 0.25) is 5.02 Å². The third-order valence-electron chi connectivity index (χ3n) is 3.17. The van der Waals surface area contributed by atoms with Gasteiger partial charge in [-0.15, -0.1) is 0 Å². The Bertz CT molecular complexity index is 354. The number of rotatable bonds is 6. The maximum Gasteiger partial charge on any atom is 0.0487 e. The van der Waals surface area contributed by atoms with Crippen LogP contribution in [0.4, 0.5) is 5.69 Å². The van der Waals surface area contributed by atoms with Gasteiger partial charge in [0.25, 0.3) is 0 Å². The Hall–Kier alpha value is -0.210. The van der Waals surface area contributed by atoms with Gasteiger partial charge in [0.2, 0.25) is 0 Å². The number of hydrogen-bond acceptors (Lipinski definition) is 1. The summed E-state index contributed by atoms with van der Waals surface area (Å²) < 4.78 is 1.03. The Balaban J connectivity index is 2.67. The zero-order valence-electron chi connectivity index (χ0n) is 10.8. The van der Waals surface area contributed by atoms with Crippen LogP contribution in [0.1, 0.15) is 40.0 Å². The molecule has 17 heavy (non-hydrogen) atoms. The summed E-state index contributed by atoms with van der Waals surface area (Å²) in [5.41, 5.74) is 1.13. The molecule has 0 aliphatic heterocycles. The summed E-state index contributed by atoms with van der Waals surface area (Å²) in [6.45, 7) is 6.78. The van der Waals surface area contributed by atoms with Gasteiger partial charge in [-0.05, 0) is 52.9 Å². The highest BCUT2D eigenvalue weighted by Crippen LogP contribution is 2.27. The maximum atomic E-state index is 5.94. The van der Waals surface area contributed by atoms with Crippen molar-refractivity contribution in [2.75, 3.05) is 5.32 Å². The monoisotopic (exact) mass is 317 g/mol. The van der Waals surface area contributed by atoms with E-state index < -0.39 is 0 Å². The molecule has 0 aliphatic carbocycles. The van der Waals surface area contributed by atoms with E-state index >= 15 is 0 Å². The summed E-state index contributed by atoms with van der Waals surface area (Å²) in [6.07, 6.45) is 3.58. The molecule has 2 atom stereocenters. The van der Waals surface area contributed by atoms with Gasteiger partial charge in [-0.2, -0.15) is 0 Å². The van der Waals surface area contributed by atoms with Gasteiger partial charge in [-0.1, -0.05) is 38.8 Å². The molecule has 0 heterocycles. The Labute approximate surface area is 118 Å². The first-order chi connectivity index (χ1) is 8.06. The molecule has 0 aliphatic rings. The first-order valence-electron chi connectivity index (χ1n) is 6.28. The number of nitrogens with one attached hydrogen (secondary N) is 1. The van der Waals surface area contributed by atoms with Gasteiger partial charge in [-0.3, -0.25) is 0 Å². The fraction of sp³-hybridized carbons (Fsp3) is 0.571. The molecule has 2 unspecified atom stereocenters. The zero-order valence-corrected chi connectivity index (χ0v) is 13.1. The summed E-state index contributed by atoms with van der Waals surface area (Å²) in [7, 11) is 0. The number of benzene rings is 1. The summed E-state index contributed by atoms with van der Waals surface area (Å²) in [6, 6.07) is 6.42.